The molecular formula is C7H6BrN2+. The number of nitriles is 1. The third-order valence-corrected chi connectivity index (χ3v) is 1.71. The maximum atomic E-state index is 8.56. The van der Waals surface area contributed by atoms with Gasteiger partial charge in [0.25, 0.3) is 0 Å². The molecule has 0 aliphatic carbocycles. The van der Waals surface area contributed by atoms with Crippen molar-refractivity contribution in [2.75, 3.05) is 0 Å². The number of hydrogen-bond acceptors (Lipinski definition) is 1. The van der Waals surface area contributed by atoms with E-state index in [1.165, 1.54) is 0 Å². The largest absolute Gasteiger partial charge is 0.331 e. The number of rotatable bonds is 0. The van der Waals surface area contributed by atoms with Crippen LogP contribution in [0.2, 0.25) is 0 Å². The zero-order valence-corrected chi connectivity index (χ0v) is 7.09. The molecule has 0 atom stereocenters. The fraction of sp³-hybridized carbons (Fsp3) is 0.143. The van der Waals surface area contributed by atoms with E-state index >= 15 is 0 Å². The van der Waals surface area contributed by atoms with E-state index in [-0.39, 0.29) is 0 Å². The quantitative estimate of drug-likeness (QED) is 0.617. The number of nitrogens with zero attached hydrogens (tertiary/aromatic N) is 2. The van der Waals surface area contributed by atoms with Crippen molar-refractivity contribution in [3.8, 4) is 6.07 Å². The number of aromatic nitrogens is 1. The van der Waals surface area contributed by atoms with E-state index in [1.807, 2.05) is 19.2 Å². The molecule has 1 aromatic rings. The van der Waals surface area contributed by atoms with Gasteiger partial charge in [-0.1, -0.05) is 0 Å². The lowest BCUT2D eigenvalue weighted by Crippen LogP contribution is -2.18. The van der Waals surface area contributed by atoms with Crippen LogP contribution in [0.4, 0.5) is 0 Å². The first kappa shape index (κ1) is 7.23. The van der Waals surface area contributed by atoms with Crippen LogP contribution in [-0.4, -0.2) is 0 Å². The van der Waals surface area contributed by atoms with E-state index in [0.717, 1.165) is 5.56 Å². The van der Waals surface area contributed by atoms with Crippen molar-refractivity contribution in [2.45, 2.75) is 6.92 Å². The first-order valence-corrected chi connectivity index (χ1v) is 3.53. The second kappa shape index (κ2) is 2.80. The van der Waals surface area contributed by atoms with Crippen LogP contribution in [0.25, 0.3) is 0 Å². The molecule has 3 heteroatoms. The van der Waals surface area contributed by atoms with E-state index in [4.69, 9.17) is 5.26 Å². The van der Waals surface area contributed by atoms with Crippen molar-refractivity contribution in [1.29, 1.82) is 5.26 Å². The zero-order chi connectivity index (χ0) is 7.56. The Labute approximate surface area is 68.1 Å². The van der Waals surface area contributed by atoms with E-state index in [2.05, 4.69) is 22.2 Å². The minimum Gasteiger partial charge on any atom is -0.192 e. The van der Waals surface area contributed by atoms with Gasteiger partial charge in [-0.3, -0.25) is 0 Å². The van der Waals surface area contributed by atoms with E-state index in [0.29, 0.717) is 5.56 Å². The predicted molar refractivity (Wildman–Crippen MR) is 40.4 cm³/mol. The Kier molecular flexibility index (Phi) is 2.03. The molecule has 1 rings (SSSR count). The van der Waals surface area contributed by atoms with Crippen molar-refractivity contribution in [3.63, 3.8) is 0 Å². The first-order chi connectivity index (χ1) is 4.74. The molecule has 2 nitrogen and oxygen atoms in total. The topological polar surface area (TPSA) is 27.7 Å². The van der Waals surface area contributed by atoms with Crippen molar-refractivity contribution < 1.29 is 3.59 Å². The smallest absolute Gasteiger partial charge is 0.192 e. The summed E-state index contributed by atoms with van der Waals surface area (Å²) < 4.78 is 1.68. The third-order valence-electron chi connectivity index (χ3n) is 1.26. The van der Waals surface area contributed by atoms with Crippen LogP contribution in [0.3, 0.4) is 0 Å². The summed E-state index contributed by atoms with van der Waals surface area (Å²) in [6.45, 7) is 1.91. The molecule has 0 aliphatic rings. The molecule has 0 saturated carbocycles. The molecule has 0 N–H and O–H groups in total. The van der Waals surface area contributed by atoms with Crippen LogP contribution in [0.15, 0.2) is 18.5 Å². The van der Waals surface area contributed by atoms with E-state index in [9.17, 15) is 0 Å². The molecule has 0 bridgehead atoms. The Morgan fingerprint density at radius 2 is 2.40 bits per heavy atom. The van der Waals surface area contributed by atoms with Gasteiger partial charge >= 0.3 is 16.1 Å². The third kappa shape index (κ3) is 1.34. The molecule has 1 aromatic heterocycles. The highest BCUT2D eigenvalue weighted by molar-refractivity contribution is 9.04. The van der Waals surface area contributed by atoms with Gasteiger partial charge < -0.3 is 0 Å². The van der Waals surface area contributed by atoms with Crippen LogP contribution in [0.5, 0.6) is 0 Å². The second-order valence-corrected chi connectivity index (χ2v) is 2.82. The van der Waals surface area contributed by atoms with Crippen LogP contribution >= 0.6 is 16.1 Å². The maximum Gasteiger partial charge on any atom is 0.331 e. The van der Waals surface area contributed by atoms with Gasteiger partial charge in [-0.15, -0.1) is 3.59 Å². The maximum absolute atomic E-state index is 8.56. The summed E-state index contributed by atoms with van der Waals surface area (Å²) >= 11 is 3.20. The molecule has 0 radical (unpaired) electrons. The Hall–Kier alpha value is -0.880. The van der Waals surface area contributed by atoms with Crippen molar-refractivity contribution in [3.05, 3.63) is 29.6 Å². The van der Waals surface area contributed by atoms with Crippen LogP contribution in [0, 0.1) is 18.3 Å². The van der Waals surface area contributed by atoms with Gasteiger partial charge in [0.15, 0.2) is 12.4 Å². The second-order valence-electron chi connectivity index (χ2n) is 2.00. The summed E-state index contributed by atoms with van der Waals surface area (Å²) in [5.41, 5.74) is 1.69. The highest BCUT2D eigenvalue weighted by Gasteiger charge is 2.01. The minimum absolute atomic E-state index is 0.694. The van der Waals surface area contributed by atoms with Crippen LogP contribution in [-0.2, 0) is 0 Å². The van der Waals surface area contributed by atoms with Crippen molar-refractivity contribution in [2.24, 2.45) is 0 Å². The van der Waals surface area contributed by atoms with Gasteiger partial charge in [0, 0.05) is 6.07 Å². The molecule has 0 aromatic carbocycles. The monoisotopic (exact) mass is 197 g/mol. The fourth-order valence-corrected chi connectivity index (χ4v) is 0.981. The van der Waals surface area contributed by atoms with Gasteiger partial charge in [-0.25, -0.2) is 0 Å². The Morgan fingerprint density at radius 1 is 1.70 bits per heavy atom. The lowest BCUT2D eigenvalue weighted by atomic mass is 10.2. The van der Waals surface area contributed by atoms with Gasteiger partial charge in [0.2, 0.25) is 0 Å². The minimum atomic E-state index is 0.694. The summed E-state index contributed by atoms with van der Waals surface area (Å²) in [5, 5.41) is 8.56. The molecule has 1 heterocycles. The molecule has 0 aliphatic heterocycles. The van der Waals surface area contributed by atoms with Gasteiger partial charge in [0.05, 0.1) is 0 Å². The van der Waals surface area contributed by atoms with Gasteiger partial charge in [-0.05, 0) is 12.5 Å². The molecular weight excluding hydrogens is 192 g/mol. The fourth-order valence-electron chi connectivity index (χ4n) is 0.658. The lowest BCUT2D eigenvalue weighted by molar-refractivity contribution is -0.474. The molecule has 50 valence electrons. The standard InChI is InChI=1S/C7H6BrN2/c1-6-2-3-10(8)5-7(6)4-9/h2-3,5H,1H3/q+1. The molecule has 10 heavy (non-hydrogen) atoms. The van der Waals surface area contributed by atoms with Crippen molar-refractivity contribution in [1.82, 2.24) is 0 Å². The zero-order valence-electron chi connectivity index (χ0n) is 5.50. The summed E-state index contributed by atoms with van der Waals surface area (Å²) in [7, 11) is 0. The Morgan fingerprint density at radius 3 is 2.90 bits per heavy atom. The van der Waals surface area contributed by atoms with E-state index < -0.39 is 0 Å². The van der Waals surface area contributed by atoms with Crippen LogP contribution in [0.1, 0.15) is 11.1 Å². The average Bonchev–Trinajstić information content (AvgIpc) is 1.94. The van der Waals surface area contributed by atoms with Gasteiger partial charge in [-0.2, -0.15) is 5.26 Å². The summed E-state index contributed by atoms with van der Waals surface area (Å²) in [6, 6.07) is 3.97. The summed E-state index contributed by atoms with van der Waals surface area (Å²) in [6.07, 6.45) is 3.57. The lowest BCUT2D eigenvalue weighted by Gasteiger charge is -1.89. The molecule has 0 unspecified atom stereocenters. The Balaban J connectivity index is 3.25. The number of aryl methyl sites for hydroxylation is 1. The molecule has 0 saturated heterocycles. The molecule has 0 fully saturated rings. The van der Waals surface area contributed by atoms with Crippen LogP contribution < -0.4 is 3.59 Å². The van der Waals surface area contributed by atoms with Gasteiger partial charge in [0.1, 0.15) is 11.6 Å². The SMILES string of the molecule is Cc1cc[n+](Br)cc1C#N. The molecule has 0 spiro atoms. The van der Waals surface area contributed by atoms with E-state index in [1.54, 1.807) is 9.79 Å². The number of halogens is 1. The Bertz CT molecular complexity index is 288. The first-order valence-electron chi connectivity index (χ1n) is 2.82. The number of pyridine rings is 1. The normalized spacial score (nSPS) is 8.90. The number of hydrogen-bond donors (Lipinski definition) is 0. The molecule has 0 amide bonds. The summed E-state index contributed by atoms with van der Waals surface area (Å²) in [5.74, 6) is 0. The average molecular weight is 198 g/mol. The highest BCUT2D eigenvalue weighted by atomic mass is 79.9. The summed E-state index contributed by atoms with van der Waals surface area (Å²) in [4.78, 5) is 0. The highest BCUT2D eigenvalue weighted by Crippen LogP contribution is 2.01. The van der Waals surface area contributed by atoms with Crippen molar-refractivity contribution >= 4 is 16.1 Å². The predicted octanol–water partition coefficient (Wildman–Crippen LogP) is 1.31.